The summed E-state index contributed by atoms with van der Waals surface area (Å²) >= 11 is 6.21. The molecule has 3 aromatic carbocycles. The van der Waals surface area contributed by atoms with E-state index in [4.69, 9.17) is 17.0 Å². The molecule has 0 spiro atoms. The van der Waals surface area contributed by atoms with Gasteiger partial charge in [0.1, 0.15) is 10.1 Å². The SMILES string of the molecule is O=C(COc1ccccc1/C=C1\SC(=S)NC1=O)Nc1ccc2ccccc2c1. The molecule has 1 aliphatic rings. The maximum absolute atomic E-state index is 12.3. The van der Waals surface area contributed by atoms with Gasteiger partial charge in [-0.2, -0.15) is 0 Å². The third-order valence-electron chi connectivity index (χ3n) is 4.24. The Morgan fingerprint density at radius 1 is 1.07 bits per heavy atom. The van der Waals surface area contributed by atoms with Crippen molar-refractivity contribution in [3.05, 3.63) is 77.2 Å². The molecule has 1 aliphatic heterocycles. The third-order valence-corrected chi connectivity index (χ3v) is 5.40. The highest BCUT2D eigenvalue weighted by Crippen LogP contribution is 2.29. The number of thioether (sulfide) groups is 1. The zero-order chi connectivity index (χ0) is 20.2. The van der Waals surface area contributed by atoms with Crippen molar-refractivity contribution in [3.8, 4) is 5.75 Å². The van der Waals surface area contributed by atoms with Gasteiger partial charge in [-0.1, -0.05) is 72.5 Å². The van der Waals surface area contributed by atoms with Crippen LogP contribution in [-0.4, -0.2) is 22.7 Å². The summed E-state index contributed by atoms with van der Waals surface area (Å²) in [5.41, 5.74) is 1.41. The second-order valence-electron chi connectivity index (χ2n) is 6.29. The number of amides is 2. The molecule has 144 valence electrons. The maximum Gasteiger partial charge on any atom is 0.263 e. The summed E-state index contributed by atoms with van der Waals surface area (Å²) in [7, 11) is 0. The highest BCUT2D eigenvalue weighted by atomic mass is 32.2. The van der Waals surface area contributed by atoms with Crippen molar-refractivity contribution in [2.24, 2.45) is 0 Å². The third kappa shape index (κ3) is 4.64. The Hall–Kier alpha value is -3.16. The summed E-state index contributed by atoms with van der Waals surface area (Å²) in [5, 5.41) is 7.58. The number of hydrogen-bond acceptors (Lipinski definition) is 5. The van der Waals surface area contributed by atoms with E-state index < -0.39 is 0 Å². The van der Waals surface area contributed by atoms with E-state index >= 15 is 0 Å². The molecular weight excluding hydrogens is 404 g/mol. The van der Waals surface area contributed by atoms with Crippen molar-refractivity contribution in [2.75, 3.05) is 11.9 Å². The van der Waals surface area contributed by atoms with Gasteiger partial charge in [0.25, 0.3) is 11.8 Å². The summed E-state index contributed by atoms with van der Waals surface area (Å²) in [6, 6.07) is 20.9. The van der Waals surface area contributed by atoms with Gasteiger partial charge in [0.15, 0.2) is 6.61 Å². The van der Waals surface area contributed by atoms with E-state index in [9.17, 15) is 9.59 Å². The van der Waals surface area contributed by atoms with Crippen LogP contribution in [0.4, 0.5) is 5.69 Å². The number of anilines is 1. The number of carbonyl (C=O) groups excluding carboxylic acids is 2. The summed E-state index contributed by atoms with van der Waals surface area (Å²) in [4.78, 5) is 24.7. The van der Waals surface area contributed by atoms with Gasteiger partial charge < -0.3 is 15.4 Å². The fourth-order valence-electron chi connectivity index (χ4n) is 2.90. The first-order chi connectivity index (χ1) is 14.1. The lowest BCUT2D eigenvalue weighted by Crippen LogP contribution is -2.20. The van der Waals surface area contributed by atoms with Gasteiger partial charge in [-0.05, 0) is 35.0 Å². The number of benzene rings is 3. The number of rotatable bonds is 5. The number of nitrogens with one attached hydrogen (secondary N) is 2. The Balaban J connectivity index is 1.43. The minimum absolute atomic E-state index is 0.148. The molecule has 4 rings (SSSR count). The molecule has 0 saturated carbocycles. The number of ether oxygens (including phenoxy) is 1. The molecule has 0 bridgehead atoms. The number of thiocarbonyl (C=S) groups is 1. The Kier molecular flexibility index (Phi) is 5.59. The average molecular weight is 421 g/mol. The minimum Gasteiger partial charge on any atom is -0.483 e. The molecule has 0 aromatic heterocycles. The first-order valence-electron chi connectivity index (χ1n) is 8.84. The van der Waals surface area contributed by atoms with Crippen LogP contribution in [0.25, 0.3) is 16.8 Å². The quantitative estimate of drug-likeness (QED) is 0.475. The lowest BCUT2D eigenvalue weighted by molar-refractivity contribution is -0.118. The van der Waals surface area contributed by atoms with Crippen LogP contribution in [0.2, 0.25) is 0 Å². The molecule has 2 amide bonds. The lowest BCUT2D eigenvalue weighted by Gasteiger charge is -2.10. The van der Waals surface area contributed by atoms with Crippen LogP contribution in [0.1, 0.15) is 5.56 Å². The Morgan fingerprint density at radius 3 is 2.62 bits per heavy atom. The van der Waals surface area contributed by atoms with E-state index in [1.165, 1.54) is 11.8 Å². The Morgan fingerprint density at radius 2 is 1.83 bits per heavy atom. The monoisotopic (exact) mass is 420 g/mol. The molecule has 1 heterocycles. The topological polar surface area (TPSA) is 67.4 Å². The fraction of sp³-hybridized carbons (Fsp3) is 0.0455. The van der Waals surface area contributed by atoms with E-state index in [2.05, 4.69) is 10.6 Å². The fourth-order valence-corrected chi connectivity index (χ4v) is 3.94. The molecule has 1 saturated heterocycles. The summed E-state index contributed by atoms with van der Waals surface area (Å²) in [5.74, 6) is 0.0145. The summed E-state index contributed by atoms with van der Waals surface area (Å²) < 4.78 is 6.13. The molecular formula is C22H16N2O3S2. The second kappa shape index (κ2) is 8.46. The highest BCUT2D eigenvalue weighted by molar-refractivity contribution is 8.26. The van der Waals surface area contributed by atoms with Gasteiger partial charge in [-0.3, -0.25) is 9.59 Å². The van der Waals surface area contributed by atoms with Crippen molar-refractivity contribution in [3.63, 3.8) is 0 Å². The zero-order valence-electron chi connectivity index (χ0n) is 15.2. The van der Waals surface area contributed by atoms with E-state index in [0.717, 1.165) is 10.8 Å². The van der Waals surface area contributed by atoms with E-state index in [0.29, 0.717) is 26.2 Å². The number of fused-ring (bicyclic) bond motifs is 1. The molecule has 3 aromatic rings. The first kappa shape index (κ1) is 19.2. The Labute approximate surface area is 177 Å². The average Bonchev–Trinajstić information content (AvgIpc) is 3.04. The van der Waals surface area contributed by atoms with Gasteiger partial charge >= 0.3 is 0 Å². The lowest BCUT2D eigenvalue weighted by atomic mass is 10.1. The molecule has 29 heavy (non-hydrogen) atoms. The number of hydrogen-bond donors (Lipinski definition) is 2. The largest absolute Gasteiger partial charge is 0.483 e. The van der Waals surface area contributed by atoms with Crippen LogP contribution in [0.15, 0.2) is 71.6 Å². The summed E-state index contributed by atoms with van der Waals surface area (Å²) in [6.45, 7) is -0.148. The van der Waals surface area contributed by atoms with Crippen LogP contribution >= 0.6 is 24.0 Å². The van der Waals surface area contributed by atoms with Crippen LogP contribution in [0.3, 0.4) is 0 Å². The molecule has 0 radical (unpaired) electrons. The minimum atomic E-state index is -0.267. The standard InChI is InChI=1S/C22H16N2O3S2/c25-20(23-17-10-9-14-5-1-2-6-15(14)11-17)13-27-18-8-4-3-7-16(18)12-19-21(26)24-22(28)29-19/h1-12H,13H2,(H,23,25)(H,24,26,28)/b19-12-. The zero-order valence-corrected chi connectivity index (χ0v) is 16.8. The van der Waals surface area contributed by atoms with Gasteiger partial charge in [0.05, 0.1) is 4.91 Å². The summed E-state index contributed by atoms with van der Waals surface area (Å²) in [6.07, 6.45) is 1.70. The van der Waals surface area contributed by atoms with Gasteiger partial charge in [-0.15, -0.1) is 0 Å². The smallest absolute Gasteiger partial charge is 0.263 e. The van der Waals surface area contributed by atoms with Crippen LogP contribution < -0.4 is 15.4 Å². The van der Waals surface area contributed by atoms with Crippen molar-refractivity contribution in [1.29, 1.82) is 0 Å². The van der Waals surface area contributed by atoms with E-state index in [1.807, 2.05) is 60.7 Å². The van der Waals surface area contributed by atoms with Gasteiger partial charge in [-0.25, -0.2) is 0 Å². The van der Waals surface area contributed by atoms with E-state index in [-0.39, 0.29) is 18.4 Å². The normalized spacial score (nSPS) is 14.8. The maximum atomic E-state index is 12.3. The van der Waals surface area contributed by atoms with Crippen molar-refractivity contribution in [1.82, 2.24) is 5.32 Å². The molecule has 1 fully saturated rings. The Bertz CT molecular complexity index is 1160. The second-order valence-corrected chi connectivity index (χ2v) is 8.01. The van der Waals surface area contributed by atoms with Gasteiger partial charge in [0.2, 0.25) is 0 Å². The molecule has 0 atom stereocenters. The van der Waals surface area contributed by atoms with E-state index in [1.54, 1.807) is 12.1 Å². The van der Waals surface area contributed by atoms with Crippen LogP contribution in [-0.2, 0) is 9.59 Å². The predicted octanol–water partition coefficient (Wildman–Crippen LogP) is 4.35. The highest BCUT2D eigenvalue weighted by Gasteiger charge is 2.22. The molecule has 5 nitrogen and oxygen atoms in total. The first-order valence-corrected chi connectivity index (χ1v) is 10.1. The predicted molar refractivity (Wildman–Crippen MR) is 121 cm³/mol. The molecule has 0 aliphatic carbocycles. The molecule has 0 unspecified atom stereocenters. The number of para-hydroxylation sites is 1. The van der Waals surface area contributed by atoms with Gasteiger partial charge in [0, 0.05) is 11.3 Å². The molecule has 7 heteroatoms. The molecule has 2 N–H and O–H groups in total. The van der Waals surface area contributed by atoms with Crippen molar-refractivity contribution in [2.45, 2.75) is 0 Å². The van der Waals surface area contributed by atoms with Crippen molar-refractivity contribution < 1.29 is 14.3 Å². The number of carbonyl (C=O) groups is 2. The van der Waals surface area contributed by atoms with Crippen LogP contribution in [0.5, 0.6) is 5.75 Å². The van der Waals surface area contributed by atoms with Crippen molar-refractivity contribution >= 4 is 62.7 Å². The van der Waals surface area contributed by atoms with Crippen LogP contribution in [0, 0.1) is 0 Å².